The zero-order chi connectivity index (χ0) is 9.78. The topological polar surface area (TPSA) is 12.0 Å². The molecule has 1 heteroatoms. The Balaban J connectivity index is 4.39. The molecule has 0 atom stereocenters. The van der Waals surface area contributed by atoms with E-state index in [1.165, 1.54) is 11.3 Å². The van der Waals surface area contributed by atoms with Crippen LogP contribution < -0.4 is 5.32 Å². The predicted octanol–water partition coefficient (Wildman–Crippen LogP) is 3.10. The van der Waals surface area contributed by atoms with Crippen LogP contribution in [0.3, 0.4) is 0 Å². The fourth-order valence-corrected chi connectivity index (χ4v) is 0.583. The zero-order valence-electron chi connectivity index (χ0n) is 9.15. The Bertz CT molecular complexity index is 192. The highest BCUT2D eigenvalue weighted by molar-refractivity contribution is 5.18. The Kier molecular flexibility index (Phi) is 4.08. The summed E-state index contributed by atoms with van der Waals surface area (Å²) in [6, 6.07) is 0. The minimum atomic E-state index is 0.282. The van der Waals surface area contributed by atoms with Crippen LogP contribution in [0.2, 0.25) is 0 Å². The summed E-state index contributed by atoms with van der Waals surface area (Å²) in [6.07, 6.45) is 4.28. The van der Waals surface area contributed by atoms with Gasteiger partial charge in [0.05, 0.1) is 0 Å². The van der Waals surface area contributed by atoms with Crippen molar-refractivity contribution in [3.8, 4) is 0 Å². The fraction of sp³-hybridized carbons (Fsp3) is 0.636. The van der Waals surface area contributed by atoms with Crippen LogP contribution in [0.4, 0.5) is 0 Å². The minimum absolute atomic E-state index is 0.282. The third-order valence-electron chi connectivity index (χ3n) is 2.16. The summed E-state index contributed by atoms with van der Waals surface area (Å²) in [7, 11) is 1.94. The summed E-state index contributed by atoms with van der Waals surface area (Å²) in [5.41, 5.74) is 2.88. The first kappa shape index (κ1) is 11.3. The van der Waals surface area contributed by atoms with Crippen LogP contribution in [0.25, 0.3) is 0 Å². The van der Waals surface area contributed by atoms with E-state index < -0.39 is 0 Å². The third-order valence-corrected chi connectivity index (χ3v) is 2.16. The SMILES string of the molecule is CN/C(C)=C/C=C(\C)C(C)(C)C. The third kappa shape index (κ3) is 4.22. The molecule has 0 fully saturated rings. The van der Waals surface area contributed by atoms with E-state index in [2.05, 4.69) is 52.1 Å². The second-order valence-corrected chi connectivity index (χ2v) is 4.20. The summed E-state index contributed by atoms with van der Waals surface area (Å²) in [6.45, 7) is 10.9. The summed E-state index contributed by atoms with van der Waals surface area (Å²) in [4.78, 5) is 0. The number of hydrogen-bond acceptors (Lipinski definition) is 1. The van der Waals surface area contributed by atoms with Gasteiger partial charge in [0.1, 0.15) is 0 Å². The molecule has 0 aliphatic rings. The lowest BCUT2D eigenvalue weighted by atomic mass is 9.87. The summed E-state index contributed by atoms with van der Waals surface area (Å²) in [5, 5.41) is 3.09. The molecule has 0 aromatic heterocycles. The molecule has 70 valence electrons. The summed E-state index contributed by atoms with van der Waals surface area (Å²) in [5.74, 6) is 0. The van der Waals surface area contributed by atoms with Gasteiger partial charge in [0.2, 0.25) is 0 Å². The molecule has 12 heavy (non-hydrogen) atoms. The highest BCUT2D eigenvalue weighted by Gasteiger charge is 2.10. The largest absolute Gasteiger partial charge is 0.392 e. The van der Waals surface area contributed by atoms with Gasteiger partial charge in [0.25, 0.3) is 0 Å². The second kappa shape index (κ2) is 4.34. The van der Waals surface area contributed by atoms with Crippen molar-refractivity contribution in [2.45, 2.75) is 34.6 Å². The van der Waals surface area contributed by atoms with E-state index in [0.29, 0.717) is 0 Å². The van der Waals surface area contributed by atoms with Crippen LogP contribution in [0.1, 0.15) is 34.6 Å². The Morgan fingerprint density at radius 3 is 1.92 bits per heavy atom. The molecular formula is C11H21N. The highest BCUT2D eigenvalue weighted by Crippen LogP contribution is 2.24. The molecule has 0 radical (unpaired) electrons. The van der Waals surface area contributed by atoms with Crippen molar-refractivity contribution in [2.75, 3.05) is 7.05 Å². The molecule has 0 saturated heterocycles. The van der Waals surface area contributed by atoms with E-state index in [0.717, 1.165) is 0 Å². The lowest BCUT2D eigenvalue weighted by molar-refractivity contribution is 0.504. The van der Waals surface area contributed by atoms with Crippen molar-refractivity contribution < 1.29 is 0 Å². The molecule has 0 heterocycles. The quantitative estimate of drug-likeness (QED) is 0.623. The number of nitrogens with one attached hydrogen (secondary N) is 1. The van der Waals surface area contributed by atoms with E-state index in [4.69, 9.17) is 0 Å². The lowest BCUT2D eigenvalue weighted by Gasteiger charge is -2.18. The summed E-state index contributed by atoms with van der Waals surface area (Å²) >= 11 is 0. The molecule has 0 amide bonds. The van der Waals surface area contributed by atoms with Gasteiger partial charge >= 0.3 is 0 Å². The number of hydrogen-bond donors (Lipinski definition) is 1. The van der Waals surface area contributed by atoms with Crippen molar-refractivity contribution in [2.24, 2.45) is 5.41 Å². The van der Waals surface area contributed by atoms with Gasteiger partial charge in [-0.25, -0.2) is 0 Å². The molecule has 0 spiro atoms. The Morgan fingerprint density at radius 1 is 1.08 bits per heavy atom. The standard InChI is InChI=1S/C11H21N/c1-9(11(3,4)5)7-8-10(2)12-6/h7-8,12H,1-6H3/b9-7+,10-8+. The van der Waals surface area contributed by atoms with Crippen LogP contribution >= 0.6 is 0 Å². The molecule has 0 unspecified atom stereocenters. The maximum atomic E-state index is 3.09. The van der Waals surface area contributed by atoms with Crippen molar-refractivity contribution in [1.29, 1.82) is 0 Å². The van der Waals surface area contributed by atoms with Gasteiger partial charge in [0, 0.05) is 12.7 Å². The monoisotopic (exact) mass is 167 g/mol. The van der Waals surface area contributed by atoms with Crippen LogP contribution in [-0.2, 0) is 0 Å². The van der Waals surface area contributed by atoms with E-state index in [-0.39, 0.29) is 5.41 Å². The van der Waals surface area contributed by atoms with Gasteiger partial charge in [-0.15, -0.1) is 0 Å². The molecule has 0 aromatic carbocycles. The molecule has 0 saturated carbocycles. The van der Waals surface area contributed by atoms with E-state index in [9.17, 15) is 0 Å². The van der Waals surface area contributed by atoms with Gasteiger partial charge in [-0.2, -0.15) is 0 Å². The van der Waals surface area contributed by atoms with E-state index in [1.54, 1.807) is 0 Å². The van der Waals surface area contributed by atoms with Crippen molar-refractivity contribution in [1.82, 2.24) is 5.32 Å². The molecule has 1 nitrogen and oxygen atoms in total. The average molecular weight is 167 g/mol. The van der Waals surface area contributed by atoms with Crippen LogP contribution in [0.5, 0.6) is 0 Å². The zero-order valence-corrected chi connectivity index (χ0v) is 9.15. The summed E-state index contributed by atoms with van der Waals surface area (Å²) < 4.78 is 0. The van der Waals surface area contributed by atoms with Gasteiger partial charge in [-0.1, -0.05) is 32.4 Å². The molecule has 0 aromatic rings. The molecule has 0 rings (SSSR count). The maximum Gasteiger partial charge on any atom is 0.00724 e. The van der Waals surface area contributed by atoms with Crippen LogP contribution in [-0.4, -0.2) is 7.05 Å². The first-order valence-corrected chi connectivity index (χ1v) is 4.41. The first-order valence-electron chi connectivity index (χ1n) is 4.41. The maximum absolute atomic E-state index is 3.09. The highest BCUT2D eigenvalue weighted by atomic mass is 14.8. The predicted molar refractivity (Wildman–Crippen MR) is 56.0 cm³/mol. The van der Waals surface area contributed by atoms with Crippen LogP contribution in [0.15, 0.2) is 23.4 Å². The Labute approximate surface area is 76.6 Å². The van der Waals surface area contributed by atoms with Gasteiger partial charge in [-0.3, -0.25) is 0 Å². The molecule has 0 bridgehead atoms. The smallest absolute Gasteiger partial charge is 0.00724 e. The van der Waals surface area contributed by atoms with Crippen LogP contribution in [0, 0.1) is 5.41 Å². The minimum Gasteiger partial charge on any atom is -0.392 e. The Morgan fingerprint density at radius 2 is 1.58 bits per heavy atom. The fourth-order valence-electron chi connectivity index (χ4n) is 0.583. The average Bonchev–Trinajstić information content (AvgIpc) is 1.97. The number of allylic oxidation sites excluding steroid dienone is 4. The molecule has 0 aliphatic carbocycles. The molecule has 0 aliphatic heterocycles. The van der Waals surface area contributed by atoms with Gasteiger partial charge < -0.3 is 5.32 Å². The van der Waals surface area contributed by atoms with Crippen molar-refractivity contribution >= 4 is 0 Å². The second-order valence-electron chi connectivity index (χ2n) is 4.20. The van der Waals surface area contributed by atoms with E-state index >= 15 is 0 Å². The number of rotatable bonds is 2. The molecule has 1 N–H and O–H groups in total. The van der Waals surface area contributed by atoms with E-state index in [1.807, 2.05) is 7.05 Å². The first-order chi connectivity index (χ1) is 5.38. The van der Waals surface area contributed by atoms with Gasteiger partial charge in [0.15, 0.2) is 0 Å². The Hall–Kier alpha value is -0.720. The molecular weight excluding hydrogens is 146 g/mol. The van der Waals surface area contributed by atoms with Crippen molar-refractivity contribution in [3.05, 3.63) is 23.4 Å². The lowest BCUT2D eigenvalue weighted by Crippen LogP contribution is -2.06. The normalized spacial score (nSPS) is 14.8. The van der Waals surface area contributed by atoms with Crippen molar-refractivity contribution in [3.63, 3.8) is 0 Å². The van der Waals surface area contributed by atoms with Gasteiger partial charge in [-0.05, 0) is 25.3 Å².